The monoisotopic (exact) mass is 512 g/mol. The third kappa shape index (κ3) is 6.83. The quantitative estimate of drug-likeness (QED) is 0.456. The van der Waals surface area contributed by atoms with Crippen LogP contribution in [0.3, 0.4) is 0 Å². The van der Waals surface area contributed by atoms with Crippen LogP contribution < -0.4 is 14.8 Å². The molecule has 2 aromatic rings. The van der Waals surface area contributed by atoms with E-state index in [2.05, 4.69) is 10.2 Å². The number of nitrogens with one attached hydrogen (secondary N) is 1. The lowest BCUT2D eigenvalue weighted by Gasteiger charge is -2.23. The van der Waals surface area contributed by atoms with Crippen LogP contribution in [0.15, 0.2) is 24.3 Å². The van der Waals surface area contributed by atoms with Gasteiger partial charge in [-0.2, -0.15) is 5.10 Å². The highest BCUT2D eigenvalue weighted by molar-refractivity contribution is 5.94. The van der Waals surface area contributed by atoms with E-state index in [4.69, 9.17) is 14.6 Å². The minimum absolute atomic E-state index is 0.115. The van der Waals surface area contributed by atoms with Crippen molar-refractivity contribution < 1.29 is 24.2 Å². The molecule has 1 aliphatic heterocycles. The van der Waals surface area contributed by atoms with Gasteiger partial charge >= 0.3 is 5.97 Å². The molecule has 37 heavy (non-hydrogen) atoms. The van der Waals surface area contributed by atoms with Gasteiger partial charge in [0.25, 0.3) is 5.91 Å². The standard InChI is InChI=1S/C28H40N4O5/c1-36-24-12-9-13-25(37-2)27(24)23-19-22(30-32(23)21-10-5-6-11-21)28(35)29-20(18-26(33)34)14-17-31-15-7-3-4-8-16-31/h9,12-13,19-21H,3-8,10-11,14-18H2,1-2H3,(H,29,35)(H,33,34)/t20-/m0/s1. The molecular weight excluding hydrogens is 472 g/mol. The molecule has 1 aromatic heterocycles. The molecule has 1 atom stereocenters. The van der Waals surface area contributed by atoms with E-state index in [1.807, 2.05) is 22.9 Å². The fourth-order valence-electron chi connectivity index (χ4n) is 5.62. The SMILES string of the molecule is COc1cccc(OC)c1-c1cc(C(=O)N[C@@H](CCN2CCCCCC2)CC(=O)O)nn1C1CCCC1. The summed E-state index contributed by atoms with van der Waals surface area (Å²) in [5.74, 6) is 0.0180. The summed E-state index contributed by atoms with van der Waals surface area (Å²) in [7, 11) is 3.23. The molecule has 2 N–H and O–H groups in total. The van der Waals surface area contributed by atoms with Crippen LogP contribution in [-0.2, 0) is 4.79 Å². The fourth-order valence-corrected chi connectivity index (χ4v) is 5.62. The second-order valence-corrected chi connectivity index (χ2v) is 10.1. The van der Waals surface area contributed by atoms with Crippen molar-refractivity contribution in [1.29, 1.82) is 0 Å². The maximum atomic E-state index is 13.4. The minimum atomic E-state index is -0.919. The van der Waals surface area contributed by atoms with Crippen LogP contribution in [0.4, 0.5) is 0 Å². The molecule has 9 heteroatoms. The molecular formula is C28H40N4O5. The summed E-state index contributed by atoms with van der Waals surface area (Å²) in [6.07, 6.45) is 9.52. The highest BCUT2D eigenvalue weighted by Gasteiger charge is 2.28. The largest absolute Gasteiger partial charge is 0.496 e. The van der Waals surface area contributed by atoms with Gasteiger partial charge in [0, 0.05) is 12.6 Å². The molecule has 0 unspecified atom stereocenters. The number of benzene rings is 1. The first-order valence-electron chi connectivity index (χ1n) is 13.6. The fraction of sp³-hybridized carbons (Fsp3) is 0.607. The number of ether oxygens (including phenoxy) is 2. The van der Waals surface area contributed by atoms with Crippen LogP contribution in [-0.4, -0.2) is 71.6 Å². The molecule has 1 amide bonds. The van der Waals surface area contributed by atoms with Gasteiger partial charge in [0.1, 0.15) is 11.5 Å². The normalized spacial score (nSPS) is 17.8. The van der Waals surface area contributed by atoms with E-state index in [-0.39, 0.29) is 24.1 Å². The van der Waals surface area contributed by atoms with E-state index in [0.717, 1.165) is 56.6 Å². The van der Waals surface area contributed by atoms with Crippen molar-refractivity contribution in [2.45, 2.75) is 76.3 Å². The van der Waals surface area contributed by atoms with Crippen molar-refractivity contribution in [3.05, 3.63) is 30.0 Å². The van der Waals surface area contributed by atoms with Crippen LogP contribution in [0.5, 0.6) is 11.5 Å². The van der Waals surface area contributed by atoms with E-state index >= 15 is 0 Å². The number of methoxy groups -OCH3 is 2. The van der Waals surface area contributed by atoms with Gasteiger partial charge in [0.15, 0.2) is 5.69 Å². The summed E-state index contributed by atoms with van der Waals surface area (Å²) >= 11 is 0. The van der Waals surface area contributed by atoms with Crippen molar-refractivity contribution in [2.75, 3.05) is 33.9 Å². The van der Waals surface area contributed by atoms with Gasteiger partial charge in [0.2, 0.25) is 0 Å². The predicted molar refractivity (Wildman–Crippen MR) is 141 cm³/mol. The number of aromatic nitrogens is 2. The number of nitrogens with zero attached hydrogens (tertiary/aromatic N) is 3. The topological polar surface area (TPSA) is 106 Å². The van der Waals surface area contributed by atoms with Crippen molar-refractivity contribution in [2.24, 2.45) is 0 Å². The molecule has 1 saturated carbocycles. The molecule has 1 aliphatic carbocycles. The zero-order valence-electron chi connectivity index (χ0n) is 22.1. The van der Waals surface area contributed by atoms with Gasteiger partial charge in [0.05, 0.1) is 37.9 Å². The van der Waals surface area contributed by atoms with E-state index in [9.17, 15) is 14.7 Å². The minimum Gasteiger partial charge on any atom is -0.496 e. The van der Waals surface area contributed by atoms with Gasteiger partial charge in [-0.25, -0.2) is 0 Å². The van der Waals surface area contributed by atoms with Crippen molar-refractivity contribution >= 4 is 11.9 Å². The summed E-state index contributed by atoms with van der Waals surface area (Å²) < 4.78 is 13.2. The third-order valence-corrected chi connectivity index (χ3v) is 7.57. The number of hydrogen-bond acceptors (Lipinski definition) is 6. The maximum Gasteiger partial charge on any atom is 0.305 e. The number of amides is 1. The Morgan fingerprint density at radius 1 is 1.05 bits per heavy atom. The summed E-state index contributed by atoms with van der Waals surface area (Å²) in [5.41, 5.74) is 1.81. The molecule has 0 radical (unpaired) electrons. The molecule has 9 nitrogen and oxygen atoms in total. The van der Waals surface area contributed by atoms with Gasteiger partial charge in [-0.3, -0.25) is 14.3 Å². The number of likely N-dealkylation sites (tertiary alicyclic amines) is 1. The van der Waals surface area contributed by atoms with Gasteiger partial charge in [-0.05, 0) is 63.4 Å². The Bertz CT molecular complexity index is 1030. The number of rotatable bonds is 11. The molecule has 2 fully saturated rings. The van der Waals surface area contributed by atoms with Crippen molar-refractivity contribution in [3.8, 4) is 22.8 Å². The lowest BCUT2D eigenvalue weighted by molar-refractivity contribution is -0.137. The summed E-state index contributed by atoms with van der Waals surface area (Å²) in [6, 6.07) is 7.11. The molecule has 1 saturated heterocycles. The molecule has 4 rings (SSSR count). The Morgan fingerprint density at radius 2 is 1.70 bits per heavy atom. The summed E-state index contributed by atoms with van der Waals surface area (Å²) in [4.78, 5) is 27.4. The first-order valence-corrected chi connectivity index (χ1v) is 13.6. The highest BCUT2D eigenvalue weighted by Crippen LogP contribution is 2.41. The molecule has 2 heterocycles. The van der Waals surface area contributed by atoms with Crippen LogP contribution >= 0.6 is 0 Å². The molecule has 0 spiro atoms. The summed E-state index contributed by atoms with van der Waals surface area (Å²) in [5, 5.41) is 17.2. The van der Waals surface area contributed by atoms with Crippen molar-refractivity contribution in [3.63, 3.8) is 0 Å². The Hall–Kier alpha value is -3.07. The third-order valence-electron chi connectivity index (χ3n) is 7.57. The number of carboxylic acid groups (broad SMARTS) is 1. The number of aliphatic carboxylic acids is 1. The molecule has 202 valence electrons. The van der Waals surface area contributed by atoms with E-state index in [0.29, 0.717) is 17.9 Å². The Balaban J connectivity index is 1.58. The number of carboxylic acids is 1. The number of carbonyl (C=O) groups excluding carboxylic acids is 1. The van der Waals surface area contributed by atoms with Crippen LogP contribution in [0.25, 0.3) is 11.3 Å². The van der Waals surface area contributed by atoms with E-state index < -0.39 is 12.0 Å². The maximum absolute atomic E-state index is 13.4. The zero-order valence-corrected chi connectivity index (χ0v) is 22.1. The summed E-state index contributed by atoms with van der Waals surface area (Å²) in [6.45, 7) is 2.84. The van der Waals surface area contributed by atoms with Crippen LogP contribution in [0.2, 0.25) is 0 Å². The lowest BCUT2D eigenvalue weighted by atomic mass is 10.1. The molecule has 0 bridgehead atoms. The Morgan fingerprint density at radius 3 is 2.30 bits per heavy atom. The first-order chi connectivity index (χ1) is 18.0. The zero-order chi connectivity index (χ0) is 26.2. The second kappa shape index (κ2) is 12.9. The average Bonchev–Trinajstić information content (AvgIpc) is 3.51. The van der Waals surface area contributed by atoms with Crippen molar-refractivity contribution in [1.82, 2.24) is 20.0 Å². The second-order valence-electron chi connectivity index (χ2n) is 10.1. The number of hydrogen-bond donors (Lipinski definition) is 2. The first kappa shape index (κ1) is 27.0. The van der Waals surface area contributed by atoms with Crippen LogP contribution in [0.1, 0.15) is 80.7 Å². The predicted octanol–water partition coefficient (Wildman–Crippen LogP) is 4.52. The Kier molecular flexibility index (Phi) is 9.44. The van der Waals surface area contributed by atoms with Gasteiger partial charge in [-0.15, -0.1) is 0 Å². The van der Waals surface area contributed by atoms with Crippen LogP contribution in [0, 0.1) is 0 Å². The smallest absolute Gasteiger partial charge is 0.305 e. The Labute approximate surface area is 219 Å². The molecule has 2 aliphatic rings. The van der Waals surface area contributed by atoms with Gasteiger partial charge in [-0.1, -0.05) is 31.7 Å². The number of carbonyl (C=O) groups is 2. The lowest BCUT2D eigenvalue weighted by Crippen LogP contribution is -2.39. The molecule has 1 aromatic carbocycles. The average molecular weight is 513 g/mol. The van der Waals surface area contributed by atoms with E-state index in [1.54, 1.807) is 20.3 Å². The van der Waals surface area contributed by atoms with Gasteiger partial charge < -0.3 is 24.8 Å². The van der Waals surface area contributed by atoms with E-state index in [1.165, 1.54) is 25.7 Å². The highest BCUT2D eigenvalue weighted by atomic mass is 16.5.